The molecule has 11 heteroatoms. The van der Waals surface area contributed by atoms with Crippen LogP contribution >= 0.6 is 22.7 Å². The van der Waals surface area contributed by atoms with E-state index in [2.05, 4.69) is 20.0 Å². The Balaban J connectivity index is 1.42. The minimum atomic E-state index is -3.92. The molecule has 0 aliphatic carbocycles. The highest BCUT2D eigenvalue weighted by Gasteiger charge is 2.20. The summed E-state index contributed by atoms with van der Waals surface area (Å²) in [5.41, 5.74) is 1.94. The average Bonchev–Trinajstić information content (AvgIpc) is 3.41. The van der Waals surface area contributed by atoms with Gasteiger partial charge in [0.1, 0.15) is 11.3 Å². The summed E-state index contributed by atoms with van der Waals surface area (Å²) < 4.78 is 35.3. The predicted octanol–water partition coefficient (Wildman–Crippen LogP) is 5.28. The first kappa shape index (κ1) is 22.3. The number of nitrogens with zero attached hydrogens (tertiary/aromatic N) is 2. The molecule has 34 heavy (non-hydrogen) atoms. The van der Waals surface area contributed by atoms with E-state index in [1.165, 1.54) is 36.6 Å². The number of carbonyl (C=O) groups excluding carboxylic acids is 1. The molecule has 5 aromatic rings. The molecule has 0 aliphatic rings. The molecule has 2 heterocycles. The highest BCUT2D eigenvalue weighted by atomic mass is 32.2. The molecule has 1 amide bonds. The maximum Gasteiger partial charge on any atom is 0.261 e. The third kappa shape index (κ3) is 4.20. The van der Waals surface area contributed by atoms with Crippen molar-refractivity contribution in [1.29, 1.82) is 0 Å². The lowest BCUT2D eigenvalue weighted by molar-refractivity contribution is 0.102. The Labute approximate surface area is 203 Å². The van der Waals surface area contributed by atoms with Crippen molar-refractivity contribution in [2.45, 2.75) is 11.8 Å². The normalized spacial score (nSPS) is 11.6. The van der Waals surface area contributed by atoms with Crippen molar-refractivity contribution in [2.75, 3.05) is 17.1 Å². The summed E-state index contributed by atoms with van der Waals surface area (Å²) >= 11 is 2.94. The molecule has 2 aromatic heterocycles. The number of ether oxygens (including phenoxy) is 1. The predicted molar refractivity (Wildman–Crippen MR) is 136 cm³/mol. The zero-order chi connectivity index (χ0) is 23.9. The zero-order valence-electron chi connectivity index (χ0n) is 18.0. The van der Waals surface area contributed by atoms with E-state index in [-0.39, 0.29) is 16.1 Å². The van der Waals surface area contributed by atoms with Gasteiger partial charge in [0.25, 0.3) is 15.9 Å². The van der Waals surface area contributed by atoms with Crippen LogP contribution in [-0.2, 0) is 10.0 Å². The number of sulfonamides is 1. The Bertz CT molecular complexity index is 1640. The molecule has 0 saturated carbocycles. The fourth-order valence-corrected chi connectivity index (χ4v) is 6.37. The summed E-state index contributed by atoms with van der Waals surface area (Å²) in [6, 6.07) is 16.3. The lowest BCUT2D eigenvalue weighted by Gasteiger charge is -2.12. The second kappa shape index (κ2) is 8.67. The molecule has 0 radical (unpaired) electrons. The van der Waals surface area contributed by atoms with E-state index in [0.29, 0.717) is 10.9 Å². The number of nitrogens with one attached hydrogen (secondary N) is 2. The molecule has 0 unspecified atom stereocenters. The van der Waals surface area contributed by atoms with E-state index in [9.17, 15) is 13.2 Å². The second-order valence-corrected chi connectivity index (χ2v) is 11.2. The Hall–Kier alpha value is -3.54. The van der Waals surface area contributed by atoms with Gasteiger partial charge in [0, 0.05) is 0 Å². The molecule has 8 nitrogen and oxygen atoms in total. The van der Waals surface area contributed by atoms with Gasteiger partial charge in [0.2, 0.25) is 0 Å². The van der Waals surface area contributed by atoms with Gasteiger partial charge in [-0.3, -0.25) is 14.8 Å². The third-order valence-corrected chi connectivity index (χ3v) is 8.34. The first-order chi connectivity index (χ1) is 16.3. The Morgan fingerprint density at radius 2 is 1.74 bits per heavy atom. The van der Waals surface area contributed by atoms with Crippen LogP contribution in [0.1, 0.15) is 15.4 Å². The number of hydrogen-bond acceptors (Lipinski definition) is 8. The zero-order valence-corrected chi connectivity index (χ0v) is 20.5. The largest absolute Gasteiger partial charge is 0.497 e. The number of carbonyl (C=O) groups is 1. The second-order valence-electron chi connectivity index (χ2n) is 7.29. The van der Waals surface area contributed by atoms with Crippen molar-refractivity contribution in [3.63, 3.8) is 0 Å². The molecule has 0 atom stereocenters. The summed E-state index contributed by atoms with van der Waals surface area (Å²) in [7, 11) is -2.41. The van der Waals surface area contributed by atoms with Crippen LogP contribution in [0.25, 0.3) is 20.4 Å². The van der Waals surface area contributed by atoms with Crippen LogP contribution in [0.15, 0.2) is 65.6 Å². The standard InChI is InChI=1S/C23H18N4O4S3/c1-13-24-20-19(32-13)12-11-18-21(20)33-23(25-18)26-22(28)16-5-3-4-6-17(16)27-34(29,30)15-9-7-14(31-2)8-10-15/h3-12,27H,1-2H3,(H,25,26,28). The molecule has 0 fully saturated rings. The molecular formula is C23H18N4O4S3. The van der Waals surface area contributed by atoms with E-state index in [4.69, 9.17) is 4.74 Å². The molecule has 0 saturated heterocycles. The van der Waals surface area contributed by atoms with Crippen molar-refractivity contribution < 1.29 is 17.9 Å². The monoisotopic (exact) mass is 510 g/mol. The van der Waals surface area contributed by atoms with Crippen LogP contribution in [0.2, 0.25) is 0 Å². The lowest BCUT2D eigenvalue weighted by atomic mass is 10.2. The first-order valence-electron chi connectivity index (χ1n) is 10.1. The smallest absolute Gasteiger partial charge is 0.261 e. The number of aryl methyl sites for hydroxylation is 1. The molecule has 0 aliphatic heterocycles. The number of anilines is 2. The van der Waals surface area contributed by atoms with Gasteiger partial charge in [-0.2, -0.15) is 0 Å². The number of amides is 1. The van der Waals surface area contributed by atoms with Gasteiger partial charge >= 0.3 is 0 Å². The Morgan fingerprint density at radius 1 is 0.971 bits per heavy atom. The SMILES string of the molecule is COc1ccc(S(=O)(=O)Nc2ccccc2C(=O)Nc2nc3ccc4sc(C)nc4c3s2)cc1. The minimum absolute atomic E-state index is 0.0530. The highest BCUT2D eigenvalue weighted by molar-refractivity contribution is 7.92. The summed E-state index contributed by atoms with van der Waals surface area (Å²) in [5.74, 6) is 0.0671. The van der Waals surface area contributed by atoms with E-state index in [1.807, 2.05) is 19.1 Å². The number of fused-ring (bicyclic) bond motifs is 3. The van der Waals surface area contributed by atoms with Crippen LogP contribution in [0.4, 0.5) is 10.8 Å². The first-order valence-corrected chi connectivity index (χ1v) is 13.2. The maximum atomic E-state index is 13.1. The Morgan fingerprint density at radius 3 is 2.50 bits per heavy atom. The van der Waals surface area contributed by atoms with Gasteiger partial charge in [-0.05, 0) is 55.5 Å². The van der Waals surface area contributed by atoms with Crippen LogP contribution < -0.4 is 14.8 Å². The van der Waals surface area contributed by atoms with Crippen molar-refractivity contribution >= 4 is 69.9 Å². The van der Waals surface area contributed by atoms with Crippen LogP contribution in [0.5, 0.6) is 5.75 Å². The van der Waals surface area contributed by atoms with Gasteiger partial charge < -0.3 is 4.74 Å². The molecule has 3 aromatic carbocycles. The highest BCUT2D eigenvalue weighted by Crippen LogP contribution is 2.35. The fraction of sp³-hybridized carbons (Fsp3) is 0.0870. The average molecular weight is 511 g/mol. The van der Waals surface area contributed by atoms with Crippen LogP contribution in [0.3, 0.4) is 0 Å². The summed E-state index contributed by atoms with van der Waals surface area (Å²) in [4.78, 5) is 22.2. The number of para-hydroxylation sites is 1. The van der Waals surface area contributed by atoms with Crippen molar-refractivity contribution in [1.82, 2.24) is 9.97 Å². The van der Waals surface area contributed by atoms with Gasteiger partial charge in [-0.15, -0.1) is 11.3 Å². The van der Waals surface area contributed by atoms with Gasteiger partial charge in [-0.25, -0.2) is 18.4 Å². The minimum Gasteiger partial charge on any atom is -0.497 e. The molecular weight excluding hydrogens is 492 g/mol. The maximum absolute atomic E-state index is 13.1. The number of aromatic nitrogens is 2. The van der Waals surface area contributed by atoms with E-state index >= 15 is 0 Å². The van der Waals surface area contributed by atoms with Crippen LogP contribution in [-0.4, -0.2) is 31.4 Å². The number of benzene rings is 3. The van der Waals surface area contributed by atoms with Crippen molar-refractivity contribution in [3.05, 3.63) is 71.2 Å². The molecule has 172 valence electrons. The van der Waals surface area contributed by atoms with Gasteiger partial charge in [0.15, 0.2) is 5.13 Å². The van der Waals surface area contributed by atoms with E-state index in [0.717, 1.165) is 25.4 Å². The summed E-state index contributed by atoms with van der Waals surface area (Å²) in [5, 5.41) is 4.16. The van der Waals surface area contributed by atoms with E-state index < -0.39 is 15.9 Å². The molecule has 2 N–H and O–H groups in total. The molecule has 0 bridgehead atoms. The number of methoxy groups -OCH3 is 1. The van der Waals surface area contributed by atoms with Crippen molar-refractivity contribution in [2.24, 2.45) is 0 Å². The third-order valence-electron chi connectivity index (χ3n) is 5.03. The summed E-state index contributed by atoms with van der Waals surface area (Å²) in [6.45, 7) is 1.95. The number of thiazole rings is 2. The quantitative estimate of drug-likeness (QED) is 0.322. The van der Waals surface area contributed by atoms with Gasteiger partial charge in [-0.1, -0.05) is 23.5 Å². The van der Waals surface area contributed by atoms with E-state index in [1.54, 1.807) is 41.7 Å². The lowest BCUT2D eigenvalue weighted by Crippen LogP contribution is -2.18. The van der Waals surface area contributed by atoms with Crippen molar-refractivity contribution in [3.8, 4) is 5.75 Å². The number of hydrogen-bond donors (Lipinski definition) is 2. The van der Waals surface area contributed by atoms with Gasteiger partial charge in [0.05, 0.1) is 43.2 Å². The summed E-state index contributed by atoms with van der Waals surface area (Å²) in [6.07, 6.45) is 0. The Kier molecular flexibility index (Phi) is 5.68. The topological polar surface area (TPSA) is 110 Å². The fourth-order valence-electron chi connectivity index (χ4n) is 3.43. The van der Waals surface area contributed by atoms with Crippen LogP contribution in [0, 0.1) is 6.92 Å². The number of rotatable bonds is 6. The molecule has 0 spiro atoms. The molecule has 5 rings (SSSR count).